The second kappa shape index (κ2) is 9.62. The molecule has 3 rings (SSSR count). The summed E-state index contributed by atoms with van der Waals surface area (Å²) in [6.45, 7) is 2.80. The number of carbonyl (C=O) groups is 1. The van der Waals surface area contributed by atoms with Crippen LogP contribution >= 0.6 is 11.6 Å². The lowest BCUT2D eigenvalue weighted by Gasteiger charge is -2.32. The third kappa shape index (κ3) is 5.62. The van der Waals surface area contributed by atoms with Gasteiger partial charge in [0, 0.05) is 24.7 Å². The van der Waals surface area contributed by atoms with Crippen LogP contribution in [0.2, 0.25) is 5.02 Å². The van der Waals surface area contributed by atoms with Crippen LogP contribution in [0.3, 0.4) is 0 Å². The van der Waals surface area contributed by atoms with Crippen LogP contribution in [-0.2, 0) is 11.3 Å². The van der Waals surface area contributed by atoms with E-state index in [1.807, 2.05) is 23.1 Å². The first-order chi connectivity index (χ1) is 13.2. The maximum Gasteiger partial charge on any atom is 0.321 e. The number of anilines is 1. The number of carbonyl (C=O) groups excluding carboxylic acids is 1. The quantitative estimate of drug-likeness (QED) is 0.772. The Kier molecular flexibility index (Phi) is 6.96. The van der Waals surface area contributed by atoms with E-state index < -0.39 is 0 Å². The average Bonchev–Trinajstić information content (AvgIpc) is 2.69. The number of amides is 2. The topological polar surface area (TPSA) is 50.8 Å². The molecule has 1 heterocycles. The van der Waals surface area contributed by atoms with Crippen LogP contribution in [-0.4, -0.2) is 37.7 Å². The smallest absolute Gasteiger partial charge is 0.321 e. The lowest BCUT2D eigenvalue weighted by Crippen LogP contribution is -2.41. The van der Waals surface area contributed by atoms with E-state index in [-0.39, 0.29) is 6.03 Å². The third-order valence-corrected chi connectivity index (χ3v) is 5.01. The minimum atomic E-state index is -0.126. The zero-order valence-electron chi connectivity index (χ0n) is 15.5. The van der Waals surface area contributed by atoms with Crippen LogP contribution < -0.4 is 10.1 Å². The van der Waals surface area contributed by atoms with Crippen molar-refractivity contribution in [1.29, 1.82) is 0 Å². The number of hydrogen-bond donors (Lipinski definition) is 1. The summed E-state index contributed by atoms with van der Waals surface area (Å²) in [7, 11) is 1.57. The number of nitrogens with one attached hydrogen (secondary N) is 1. The van der Waals surface area contributed by atoms with E-state index in [0.717, 1.165) is 19.4 Å². The Labute approximate surface area is 165 Å². The molecule has 0 atom stereocenters. The third-order valence-electron chi connectivity index (χ3n) is 4.77. The van der Waals surface area contributed by atoms with Crippen molar-refractivity contribution in [1.82, 2.24) is 4.90 Å². The molecule has 0 saturated carbocycles. The van der Waals surface area contributed by atoms with Gasteiger partial charge in [-0.15, -0.1) is 0 Å². The normalized spacial score (nSPS) is 14.8. The molecule has 0 bridgehead atoms. The van der Waals surface area contributed by atoms with Gasteiger partial charge < -0.3 is 19.7 Å². The Bertz CT molecular complexity index is 746. The number of nitrogens with zero attached hydrogens (tertiary/aromatic N) is 1. The van der Waals surface area contributed by atoms with Gasteiger partial charge in [-0.2, -0.15) is 0 Å². The zero-order valence-corrected chi connectivity index (χ0v) is 16.2. The van der Waals surface area contributed by atoms with E-state index in [1.165, 1.54) is 5.56 Å². The molecule has 1 aliphatic heterocycles. The highest BCUT2D eigenvalue weighted by Gasteiger charge is 2.23. The molecule has 27 heavy (non-hydrogen) atoms. The first kappa shape index (κ1) is 19.5. The summed E-state index contributed by atoms with van der Waals surface area (Å²) in [5.74, 6) is 1.08. The number of hydrogen-bond acceptors (Lipinski definition) is 3. The maximum atomic E-state index is 12.5. The molecule has 0 aromatic heterocycles. The van der Waals surface area contributed by atoms with Gasteiger partial charge >= 0.3 is 6.03 Å². The fraction of sp³-hybridized carbons (Fsp3) is 0.381. The monoisotopic (exact) mass is 388 g/mol. The summed E-state index contributed by atoms with van der Waals surface area (Å²) >= 11 is 6.02. The molecule has 0 unspecified atom stereocenters. The number of benzene rings is 2. The van der Waals surface area contributed by atoms with Gasteiger partial charge in [0.1, 0.15) is 5.75 Å². The molecule has 2 aromatic rings. The predicted octanol–water partition coefficient (Wildman–Crippen LogP) is 4.81. The second-order valence-electron chi connectivity index (χ2n) is 6.71. The Morgan fingerprint density at radius 2 is 1.93 bits per heavy atom. The SMILES string of the molecule is COc1ccc(Cl)cc1NC(=O)N1CCC(COCc2ccccc2)CC1. The molecule has 0 spiro atoms. The standard InChI is InChI=1S/C21H25ClN2O3/c1-26-20-8-7-18(22)13-19(20)23-21(25)24-11-9-17(10-12-24)15-27-14-16-5-3-2-4-6-16/h2-8,13,17H,9-12,14-15H2,1H3,(H,23,25). The molecule has 1 N–H and O–H groups in total. The van der Waals surface area contributed by atoms with Crippen LogP contribution in [0, 0.1) is 5.92 Å². The van der Waals surface area contributed by atoms with Crippen molar-refractivity contribution in [2.75, 3.05) is 32.1 Å². The van der Waals surface area contributed by atoms with Crippen LogP contribution in [0.5, 0.6) is 5.75 Å². The van der Waals surface area contributed by atoms with Crippen molar-refractivity contribution in [2.45, 2.75) is 19.4 Å². The maximum absolute atomic E-state index is 12.5. The molecule has 6 heteroatoms. The van der Waals surface area contributed by atoms with Gasteiger partial charge in [-0.3, -0.25) is 0 Å². The molecule has 1 fully saturated rings. The number of urea groups is 1. The van der Waals surface area contributed by atoms with Crippen molar-refractivity contribution in [3.63, 3.8) is 0 Å². The molecule has 5 nitrogen and oxygen atoms in total. The molecule has 2 amide bonds. The first-order valence-electron chi connectivity index (χ1n) is 9.17. The largest absolute Gasteiger partial charge is 0.495 e. The molecule has 2 aromatic carbocycles. The Balaban J connectivity index is 1.43. The van der Waals surface area contributed by atoms with E-state index in [1.54, 1.807) is 25.3 Å². The van der Waals surface area contributed by atoms with E-state index in [2.05, 4.69) is 17.4 Å². The van der Waals surface area contributed by atoms with Gasteiger partial charge in [-0.25, -0.2) is 4.79 Å². The fourth-order valence-corrected chi connectivity index (χ4v) is 3.36. The first-order valence-corrected chi connectivity index (χ1v) is 9.54. The van der Waals surface area contributed by atoms with E-state index in [9.17, 15) is 4.79 Å². The molecule has 1 saturated heterocycles. The lowest BCUT2D eigenvalue weighted by atomic mass is 9.98. The highest BCUT2D eigenvalue weighted by Crippen LogP contribution is 2.28. The summed E-state index contributed by atoms with van der Waals surface area (Å²) < 4.78 is 11.1. The minimum absolute atomic E-state index is 0.126. The molecule has 0 radical (unpaired) electrons. The van der Waals surface area contributed by atoms with Gasteiger partial charge in [-0.1, -0.05) is 41.9 Å². The van der Waals surface area contributed by atoms with Gasteiger partial charge in [0.25, 0.3) is 0 Å². The van der Waals surface area contributed by atoms with Gasteiger partial charge in [0.05, 0.1) is 19.4 Å². The van der Waals surface area contributed by atoms with Crippen LogP contribution in [0.25, 0.3) is 0 Å². The van der Waals surface area contributed by atoms with Crippen LogP contribution in [0.1, 0.15) is 18.4 Å². The number of halogens is 1. The number of methoxy groups -OCH3 is 1. The predicted molar refractivity (Wildman–Crippen MR) is 107 cm³/mol. The average molecular weight is 389 g/mol. The van der Waals surface area contributed by atoms with E-state index in [4.69, 9.17) is 21.1 Å². The van der Waals surface area contributed by atoms with Gasteiger partial charge in [0.2, 0.25) is 0 Å². The van der Waals surface area contributed by atoms with Crippen molar-refractivity contribution in [3.8, 4) is 5.75 Å². The fourth-order valence-electron chi connectivity index (χ4n) is 3.19. The summed E-state index contributed by atoms with van der Waals surface area (Å²) in [6, 6.07) is 15.2. The van der Waals surface area contributed by atoms with E-state index >= 15 is 0 Å². The zero-order chi connectivity index (χ0) is 19.1. The summed E-state index contributed by atoms with van der Waals surface area (Å²) in [6.07, 6.45) is 1.88. The molecular formula is C21H25ClN2O3. The lowest BCUT2D eigenvalue weighted by molar-refractivity contribution is 0.0640. The summed E-state index contributed by atoms with van der Waals surface area (Å²) in [5.41, 5.74) is 1.77. The number of ether oxygens (including phenoxy) is 2. The highest BCUT2D eigenvalue weighted by molar-refractivity contribution is 6.31. The number of piperidine rings is 1. The number of likely N-dealkylation sites (tertiary alicyclic amines) is 1. The van der Waals surface area contributed by atoms with Crippen LogP contribution in [0.15, 0.2) is 48.5 Å². The molecule has 1 aliphatic rings. The minimum Gasteiger partial charge on any atom is -0.495 e. The highest BCUT2D eigenvalue weighted by atomic mass is 35.5. The Hall–Kier alpha value is -2.24. The van der Waals surface area contributed by atoms with Gasteiger partial charge in [-0.05, 0) is 42.5 Å². The van der Waals surface area contributed by atoms with Crippen molar-refractivity contribution in [2.24, 2.45) is 5.92 Å². The summed E-state index contributed by atoms with van der Waals surface area (Å²) in [5, 5.41) is 3.45. The van der Waals surface area contributed by atoms with E-state index in [0.29, 0.717) is 42.1 Å². The second-order valence-corrected chi connectivity index (χ2v) is 7.14. The van der Waals surface area contributed by atoms with Crippen LogP contribution in [0.4, 0.5) is 10.5 Å². The van der Waals surface area contributed by atoms with Crippen molar-refractivity contribution < 1.29 is 14.3 Å². The Morgan fingerprint density at radius 1 is 1.19 bits per heavy atom. The summed E-state index contributed by atoms with van der Waals surface area (Å²) in [4.78, 5) is 14.4. The molecule has 144 valence electrons. The molecule has 0 aliphatic carbocycles. The van der Waals surface area contributed by atoms with Crippen molar-refractivity contribution in [3.05, 3.63) is 59.1 Å². The number of rotatable bonds is 6. The molecular weight excluding hydrogens is 364 g/mol. The van der Waals surface area contributed by atoms with Crippen molar-refractivity contribution >= 4 is 23.3 Å². The Morgan fingerprint density at radius 3 is 2.63 bits per heavy atom. The van der Waals surface area contributed by atoms with Gasteiger partial charge in [0.15, 0.2) is 0 Å².